The van der Waals surface area contributed by atoms with Gasteiger partial charge in [-0.1, -0.05) is 60.7 Å². The number of rotatable bonds is 21. The Kier molecular flexibility index (Phi) is 16.8. The number of carbonyl (C=O) groups excluding carboxylic acids is 5. The van der Waals surface area contributed by atoms with Gasteiger partial charge in [-0.2, -0.15) is 0 Å². The number of amides is 5. The van der Waals surface area contributed by atoms with E-state index in [9.17, 15) is 39.0 Å². The molecule has 0 aliphatic heterocycles. The summed E-state index contributed by atoms with van der Waals surface area (Å²) in [7, 11) is 0. The minimum Gasteiger partial charge on any atom is -0.480 e. The minimum absolute atomic E-state index is 0.0193. The number of carboxylic acid groups (broad SMARTS) is 1. The Morgan fingerprint density at radius 2 is 1.12 bits per heavy atom. The highest BCUT2D eigenvalue weighted by molar-refractivity contribution is 5.95. The molecule has 0 unspecified atom stereocenters. The van der Waals surface area contributed by atoms with Gasteiger partial charge in [0, 0.05) is 25.8 Å². The van der Waals surface area contributed by atoms with Crippen molar-refractivity contribution in [1.29, 1.82) is 0 Å². The molecule has 6 atom stereocenters. The van der Waals surface area contributed by atoms with Gasteiger partial charge in [-0.05, 0) is 37.3 Å². The van der Waals surface area contributed by atoms with Crippen LogP contribution in [0.1, 0.15) is 43.7 Å². The first kappa shape index (κ1) is 40.6. The third-order valence-corrected chi connectivity index (χ3v) is 7.53. The molecule has 0 spiro atoms. The van der Waals surface area contributed by atoms with Crippen LogP contribution in [0.4, 0.5) is 0 Å². The topological polar surface area (TPSA) is 307 Å². The van der Waals surface area contributed by atoms with Crippen LogP contribution in [0.5, 0.6) is 0 Å². The lowest BCUT2D eigenvalue weighted by Crippen LogP contribution is -2.59. The van der Waals surface area contributed by atoms with Gasteiger partial charge >= 0.3 is 5.97 Å². The van der Waals surface area contributed by atoms with E-state index in [1.54, 1.807) is 60.7 Å². The lowest BCUT2D eigenvalue weighted by atomic mass is 10.0. The average molecular weight is 698 g/mol. The van der Waals surface area contributed by atoms with E-state index in [1.807, 2.05) is 0 Å². The number of carboxylic acids is 1. The van der Waals surface area contributed by atoms with Crippen LogP contribution in [0.2, 0.25) is 0 Å². The van der Waals surface area contributed by atoms with E-state index >= 15 is 0 Å². The van der Waals surface area contributed by atoms with Crippen LogP contribution in [0.3, 0.4) is 0 Å². The van der Waals surface area contributed by atoms with E-state index in [0.29, 0.717) is 11.1 Å². The maximum Gasteiger partial charge on any atom is 0.326 e. The smallest absolute Gasteiger partial charge is 0.326 e. The molecular weight excluding hydrogens is 650 g/mol. The average Bonchev–Trinajstić information content (AvgIpc) is 3.07. The molecule has 0 heterocycles. The van der Waals surface area contributed by atoms with Crippen LogP contribution in [0.15, 0.2) is 65.7 Å². The van der Waals surface area contributed by atoms with Gasteiger partial charge in [0.1, 0.15) is 30.2 Å². The molecule has 2 aromatic rings. The van der Waals surface area contributed by atoms with Gasteiger partial charge in [0.15, 0.2) is 5.96 Å². The second kappa shape index (κ2) is 20.7. The summed E-state index contributed by atoms with van der Waals surface area (Å²) in [6.07, 6.45) is -1.72. The molecule has 0 aliphatic carbocycles. The zero-order valence-corrected chi connectivity index (χ0v) is 27.8. The van der Waals surface area contributed by atoms with Gasteiger partial charge in [-0.25, -0.2) is 4.79 Å². The van der Waals surface area contributed by atoms with Crippen molar-refractivity contribution in [2.45, 2.75) is 81.8 Å². The van der Waals surface area contributed by atoms with Crippen molar-refractivity contribution in [1.82, 2.24) is 21.3 Å². The van der Waals surface area contributed by atoms with E-state index in [-0.39, 0.29) is 51.0 Å². The molecular formula is C33H47N9O8. The molecule has 0 bridgehead atoms. The number of nitrogens with zero attached hydrogens (tertiary/aromatic N) is 1. The molecule has 14 N–H and O–H groups in total. The Hall–Kier alpha value is -5.55. The first-order valence-electron chi connectivity index (χ1n) is 16.0. The third kappa shape index (κ3) is 14.7. The second-order valence-corrected chi connectivity index (χ2v) is 11.7. The van der Waals surface area contributed by atoms with E-state index in [1.165, 1.54) is 6.92 Å². The fourth-order valence-corrected chi connectivity index (χ4v) is 4.74. The number of carbonyl (C=O) groups is 6. The molecule has 0 saturated heterocycles. The normalized spacial score (nSPS) is 14.4. The monoisotopic (exact) mass is 697 g/mol. The Morgan fingerprint density at radius 1 is 0.680 bits per heavy atom. The second-order valence-electron chi connectivity index (χ2n) is 11.7. The molecule has 0 aromatic heterocycles. The Morgan fingerprint density at radius 3 is 1.60 bits per heavy atom. The van der Waals surface area contributed by atoms with Crippen molar-refractivity contribution >= 4 is 41.5 Å². The summed E-state index contributed by atoms with van der Waals surface area (Å²) < 4.78 is 0. The van der Waals surface area contributed by atoms with Crippen molar-refractivity contribution in [3.63, 3.8) is 0 Å². The van der Waals surface area contributed by atoms with Crippen LogP contribution >= 0.6 is 0 Å². The summed E-state index contributed by atoms with van der Waals surface area (Å²) in [5.41, 5.74) is 23.1. The molecule has 17 nitrogen and oxygen atoms in total. The molecule has 0 aliphatic rings. The largest absolute Gasteiger partial charge is 0.480 e. The quantitative estimate of drug-likeness (QED) is 0.0370. The summed E-state index contributed by atoms with van der Waals surface area (Å²) in [6.45, 7) is 1.36. The maximum atomic E-state index is 13.8. The number of nitrogens with two attached hydrogens (primary N) is 4. The number of hydrogen-bond donors (Lipinski definition) is 10. The summed E-state index contributed by atoms with van der Waals surface area (Å²) >= 11 is 0. The first-order chi connectivity index (χ1) is 23.7. The molecule has 0 saturated carbocycles. The highest BCUT2D eigenvalue weighted by Gasteiger charge is 2.32. The summed E-state index contributed by atoms with van der Waals surface area (Å²) in [5.74, 6) is -5.59. The highest BCUT2D eigenvalue weighted by atomic mass is 16.4. The van der Waals surface area contributed by atoms with Gasteiger partial charge in [0.2, 0.25) is 29.5 Å². The lowest BCUT2D eigenvalue weighted by molar-refractivity contribution is -0.142. The number of primary amides is 1. The van der Waals surface area contributed by atoms with Crippen LogP contribution in [0.25, 0.3) is 0 Å². The van der Waals surface area contributed by atoms with Crippen molar-refractivity contribution in [2.24, 2.45) is 27.9 Å². The van der Waals surface area contributed by atoms with Crippen LogP contribution in [-0.2, 0) is 41.6 Å². The summed E-state index contributed by atoms with van der Waals surface area (Å²) in [5, 5.41) is 29.7. The van der Waals surface area contributed by atoms with Crippen molar-refractivity contribution < 1.29 is 39.0 Å². The zero-order chi connectivity index (χ0) is 37.2. The number of aliphatic hydroxyl groups excluding tert-OH is 1. The van der Waals surface area contributed by atoms with Gasteiger partial charge < -0.3 is 54.4 Å². The molecule has 272 valence electrons. The van der Waals surface area contributed by atoms with Gasteiger partial charge in [-0.15, -0.1) is 0 Å². The van der Waals surface area contributed by atoms with Crippen LogP contribution in [-0.4, -0.2) is 94.5 Å². The number of aliphatic imine (C=N–C) groups is 1. The van der Waals surface area contributed by atoms with Gasteiger partial charge in [0.05, 0.1) is 6.10 Å². The molecule has 2 aromatic carbocycles. The fraction of sp³-hybridized carbons (Fsp3) is 0.424. The lowest BCUT2D eigenvalue weighted by Gasteiger charge is -2.27. The Bertz CT molecular complexity index is 1470. The molecule has 2 rings (SSSR count). The van der Waals surface area contributed by atoms with E-state index in [2.05, 4.69) is 26.3 Å². The van der Waals surface area contributed by atoms with Crippen LogP contribution < -0.4 is 44.2 Å². The van der Waals surface area contributed by atoms with Crippen molar-refractivity contribution in [2.75, 3.05) is 6.54 Å². The number of hydrogen-bond acceptors (Lipinski definition) is 9. The van der Waals surface area contributed by atoms with Crippen LogP contribution in [0, 0.1) is 0 Å². The van der Waals surface area contributed by atoms with E-state index < -0.39 is 71.8 Å². The minimum atomic E-state index is -1.40. The zero-order valence-electron chi connectivity index (χ0n) is 27.8. The number of aliphatic carboxylic acids is 1. The molecule has 50 heavy (non-hydrogen) atoms. The standard InChI is InChI=1S/C33H47N9O8/c1-19(43)27(35)31(48)40-23(14-15-26(34)44)29(46)39-22(13-8-16-38-33(36)37)28(45)41-24(17-20-9-4-2-5-10-20)30(47)42-25(32(49)50)18-21-11-6-3-7-12-21/h2-7,9-12,19,22-25,27,43H,8,13-18,35H2,1H3,(H2,34,44)(H,39,46)(H,40,48)(H,41,45)(H,42,47)(H,49,50)(H4,36,37,38)/t19-,22+,23+,24+,25+,27+/m1/s1. The summed E-state index contributed by atoms with van der Waals surface area (Å²) in [4.78, 5) is 81.0. The van der Waals surface area contributed by atoms with Gasteiger partial charge in [0.25, 0.3) is 0 Å². The highest BCUT2D eigenvalue weighted by Crippen LogP contribution is 2.09. The maximum absolute atomic E-state index is 13.8. The molecule has 0 radical (unpaired) electrons. The number of nitrogens with one attached hydrogen (secondary N) is 4. The van der Waals surface area contributed by atoms with E-state index in [0.717, 1.165) is 0 Å². The number of guanidine groups is 1. The molecule has 5 amide bonds. The predicted octanol–water partition coefficient (Wildman–Crippen LogP) is -2.48. The van der Waals surface area contributed by atoms with Crippen molar-refractivity contribution in [3.05, 3.63) is 71.8 Å². The third-order valence-electron chi connectivity index (χ3n) is 7.53. The Balaban J connectivity index is 2.36. The number of aliphatic hydroxyl groups is 1. The van der Waals surface area contributed by atoms with Gasteiger partial charge in [-0.3, -0.25) is 29.0 Å². The molecule has 17 heteroatoms. The predicted molar refractivity (Wildman–Crippen MR) is 184 cm³/mol. The van der Waals surface area contributed by atoms with E-state index in [4.69, 9.17) is 22.9 Å². The number of benzene rings is 2. The van der Waals surface area contributed by atoms with Crippen molar-refractivity contribution in [3.8, 4) is 0 Å². The summed E-state index contributed by atoms with van der Waals surface area (Å²) in [6, 6.07) is 10.7. The Labute approximate surface area is 289 Å². The fourth-order valence-electron chi connectivity index (χ4n) is 4.74. The SMILES string of the molecule is C[C@@H](O)[C@H](N)C(=O)N[C@@H](CCC(N)=O)C(=O)N[C@@H](CCCN=C(N)N)C(=O)N[C@@H](Cc1ccccc1)C(=O)N[C@@H](Cc1ccccc1)C(=O)O. The first-order valence-corrected chi connectivity index (χ1v) is 16.0. The molecule has 0 fully saturated rings.